The quantitative estimate of drug-likeness (QED) is 0.813. The standard InChI is InChI=1S/C15H31N3O/c1-3-17-9-6-15(13-16,7-10-17)18-8-4-5-14(11-18)12-19-2/h14H,3-13,16H2,1-2H3. The zero-order valence-electron chi connectivity index (χ0n) is 12.7. The van der Waals surface area contributed by atoms with Crippen LogP contribution in [0.1, 0.15) is 32.6 Å². The van der Waals surface area contributed by atoms with Crippen LogP contribution in [0, 0.1) is 5.92 Å². The molecule has 0 aromatic heterocycles. The molecule has 2 aliphatic heterocycles. The van der Waals surface area contributed by atoms with Gasteiger partial charge >= 0.3 is 0 Å². The molecule has 0 aromatic carbocycles. The van der Waals surface area contributed by atoms with Crippen molar-refractivity contribution in [1.82, 2.24) is 9.80 Å². The van der Waals surface area contributed by atoms with E-state index in [2.05, 4.69) is 16.7 Å². The van der Waals surface area contributed by atoms with Gasteiger partial charge in [-0.3, -0.25) is 4.90 Å². The van der Waals surface area contributed by atoms with E-state index in [1.807, 2.05) is 7.11 Å². The van der Waals surface area contributed by atoms with Crippen molar-refractivity contribution in [3.05, 3.63) is 0 Å². The van der Waals surface area contributed by atoms with E-state index in [0.717, 1.165) is 13.2 Å². The first-order valence-electron chi connectivity index (χ1n) is 7.90. The van der Waals surface area contributed by atoms with Crippen LogP contribution in [-0.2, 0) is 4.74 Å². The second kappa shape index (κ2) is 7.02. The summed E-state index contributed by atoms with van der Waals surface area (Å²) in [5.74, 6) is 0.700. The molecule has 2 rings (SSSR count). The summed E-state index contributed by atoms with van der Waals surface area (Å²) < 4.78 is 5.35. The van der Waals surface area contributed by atoms with E-state index >= 15 is 0 Å². The molecule has 0 saturated carbocycles. The van der Waals surface area contributed by atoms with Gasteiger partial charge in [-0.2, -0.15) is 0 Å². The molecular formula is C15H31N3O. The van der Waals surface area contributed by atoms with Gasteiger partial charge in [0, 0.05) is 25.7 Å². The number of hydrogen-bond donors (Lipinski definition) is 1. The smallest absolute Gasteiger partial charge is 0.0502 e. The largest absolute Gasteiger partial charge is 0.384 e. The lowest BCUT2D eigenvalue weighted by atomic mass is 9.82. The molecule has 4 nitrogen and oxygen atoms in total. The van der Waals surface area contributed by atoms with Gasteiger partial charge in [0.2, 0.25) is 0 Å². The lowest BCUT2D eigenvalue weighted by Crippen LogP contribution is -2.61. The summed E-state index contributed by atoms with van der Waals surface area (Å²) in [5.41, 5.74) is 6.45. The maximum Gasteiger partial charge on any atom is 0.0502 e. The van der Waals surface area contributed by atoms with E-state index in [9.17, 15) is 0 Å². The van der Waals surface area contributed by atoms with Crippen LogP contribution in [0.25, 0.3) is 0 Å². The number of piperidine rings is 2. The molecule has 0 spiro atoms. The molecule has 0 radical (unpaired) electrons. The molecule has 112 valence electrons. The monoisotopic (exact) mass is 269 g/mol. The fraction of sp³-hybridized carbons (Fsp3) is 1.00. The summed E-state index contributed by atoms with van der Waals surface area (Å²) in [5, 5.41) is 0. The number of nitrogens with zero attached hydrogens (tertiary/aromatic N) is 2. The number of nitrogens with two attached hydrogens (primary N) is 1. The van der Waals surface area contributed by atoms with E-state index in [0.29, 0.717) is 5.92 Å². The minimum Gasteiger partial charge on any atom is -0.384 e. The Morgan fingerprint density at radius 2 is 2.00 bits per heavy atom. The van der Waals surface area contributed by atoms with Gasteiger partial charge in [-0.05, 0) is 57.8 Å². The van der Waals surface area contributed by atoms with Gasteiger partial charge in [-0.1, -0.05) is 6.92 Å². The summed E-state index contributed by atoms with van der Waals surface area (Å²) in [6, 6.07) is 0. The van der Waals surface area contributed by atoms with Crippen molar-refractivity contribution >= 4 is 0 Å². The Morgan fingerprint density at radius 3 is 2.58 bits per heavy atom. The lowest BCUT2D eigenvalue weighted by Gasteiger charge is -2.51. The summed E-state index contributed by atoms with van der Waals surface area (Å²) in [7, 11) is 1.82. The summed E-state index contributed by atoms with van der Waals surface area (Å²) in [6.45, 7) is 9.96. The second-order valence-corrected chi connectivity index (χ2v) is 6.27. The number of rotatable bonds is 5. The molecule has 0 amide bonds. The fourth-order valence-electron chi connectivity index (χ4n) is 3.80. The van der Waals surface area contributed by atoms with Crippen molar-refractivity contribution in [3.8, 4) is 0 Å². The van der Waals surface area contributed by atoms with Gasteiger partial charge < -0.3 is 15.4 Å². The zero-order chi connectivity index (χ0) is 13.7. The third kappa shape index (κ3) is 3.48. The Hall–Kier alpha value is -0.160. The molecule has 19 heavy (non-hydrogen) atoms. The molecule has 2 N–H and O–H groups in total. The van der Waals surface area contributed by atoms with Crippen molar-refractivity contribution in [2.45, 2.75) is 38.1 Å². The van der Waals surface area contributed by atoms with E-state index in [4.69, 9.17) is 10.5 Å². The zero-order valence-corrected chi connectivity index (χ0v) is 12.7. The predicted molar refractivity (Wildman–Crippen MR) is 79.3 cm³/mol. The van der Waals surface area contributed by atoms with Crippen LogP contribution in [0.3, 0.4) is 0 Å². The molecular weight excluding hydrogens is 238 g/mol. The van der Waals surface area contributed by atoms with Crippen molar-refractivity contribution < 1.29 is 4.74 Å². The third-order valence-electron chi connectivity index (χ3n) is 5.21. The molecule has 2 fully saturated rings. The molecule has 1 atom stereocenters. The second-order valence-electron chi connectivity index (χ2n) is 6.27. The molecule has 0 aliphatic carbocycles. The van der Waals surface area contributed by atoms with Crippen LogP contribution < -0.4 is 5.73 Å². The first-order chi connectivity index (χ1) is 9.24. The SMILES string of the molecule is CCN1CCC(CN)(N2CCCC(COC)C2)CC1. The van der Waals surface area contributed by atoms with E-state index < -0.39 is 0 Å². The highest BCUT2D eigenvalue weighted by Gasteiger charge is 2.40. The van der Waals surface area contributed by atoms with Crippen molar-refractivity contribution in [2.24, 2.45) is 11.7 Å². The maximum atomic E-state index is 6.18. The first-order valence-corrected chi connectivity index (χ1v) is 7.90. The Morgan fingerprint density at radius 1 is 1.26 bits per heavy atom. The van der Waals surface area contributed by atoms with E-state index in [1.54, 1.807) is 0 Å². The van der Waals surface area contributed by atoms with Crippen molar-refractivity contribution in [1.29, 1.82) is 0 Å². The van der Waals surface area contributed by atoms with Gasteiger partial charge in [0.05, 0.1) is 6.61 Å². The Balaban J connectivity index is 1.96. The number of likely N-dealkylation sites (tertiary alicyclic amines) is 2. The van der Waals surface area contributed by atoms with E-state index in [-0.39, 0.29) is 5.54 Å². The topological polar surface area (TPSA) is 41.7 Å². The molecule has 0 bridgehead atoms. The van der Waals surface area contributed by atoms with Crippen LogP contribution in [0.4, 0.5) is 0 Å². The Kier molecular flexibility index (Phi) is 5.63. The first kappa shape index (κ1) is 15.2. The number of ether oxygens (including phenoxy) is 1. The average molecular weight is 269 g/mol. The molecule has 2 aliphatic rings. The Labute approximate surface area is 118 Å². The molecule has 2 heterocycles. The van der Waals surface area contributed by atoms with Gasteiger partial charge in [-0.25, -0.2) is 0 Å². The van der Waals surface area contributed by atoms with Crippen LogP contribution in [0.5, 0.6) is 0 Å². The van der Waals surface area contributed by atoms with E-state index in [1.165, 1.54) is 58.4 Å². The van der Waals surface area contributed by atoms with Crippen LogP contribution in [-0.4, -0.2) is 68.3 Å². The summed E-state index contributed by atoms with van der Waals surface area (Å²) in [6.07, 6.45) is 5.08. The van der Waals surface area contributed by atoms with Crippen LogP contribution in [0.2, 0.25) is 0 Å². The molecule has 1 unspecified atom stereocenters. The van der Waals surface area contributed by atoms with Crippen LogP contribution >= 0.6 is 0 Å². The minimum atomic E-state index is 0.262. The average Bonchev–Trinajstić information content (AvgIpc) is 2.48. The van der Waals surface area contributed by atoms with Crippen molar-refractivity contribution in [3.63, 3.8) is 0 Å². The van der Waals surface area contributed by atoms with Gasteiger partial charge in [0.25, 0.3) is 0 Å². The molecule has 0 aromatic rings. The van der Waals surface area contributed by atoms with Gasteiger partial charge in [0.1, 0.15) is 0 Å². The number of hydrogen-bond acceptors (Lipinski definition) is 4. The fourth-order valence-corrected chi connectivity index (χ4v) is 3.80. The van der Waals surface area contributed by atoms with Gasteiger partial charge in [-0.15, -0.1) is 0 Å². The third-order valence-corrected chi connectivity index (χ3v) is 5.21. The summed E-state index contributed by atoms with van der Waals surface area (Å²) >= 11 is 0. The van der Waals surface area contributed by atoms with Gasteiger partial charge in [0.15, 0.2) is 0 Å². The number of methoxy groups -OCH3 is 1. The van der Waals surface area contributed by atoms with Crippen LogP contribution in [0.15, 0.2) is 0 Å². The predicted octanol–water partition coefficient (Wildman–Crippen LogP) is 1.16. The minimum absolute atomic E-state index is 0.262. The maximum absolute atomic E-state index is 6.18. The highest BCUT2D eigenvalue weighted by Crippen LogP contribution is 2.32. The molecule has 4 heteroatoms. The van der Waals surface area contributed by atoms with Crippen molar-refractivity contribution in [2.75, 3.05) is 53.0 Å². The Bertz CT molecular complexity index is 262. The molecule has 2 saturated heterocycles. The lowest BCUT2D eigenvalue weighted by molar-refractivity contribution is -0.0128. The highest BCUT2D eigenvalue weighted by atomic mass is 16.5. The normalized spacial score (nSPS) is 29.5. The highest BCUT2D eigenvalue weighted by molar-refractivity contribution is 4.98. The summed E-state index contributed by atoms with van der Waals surface area (Å²) in [4.78, 5) is 5.23.